The lowest BCUT2D eigenvalue weighted by atomic mass is 9.72. The molecule has 0 spiro atoms. The molecule has 0 fully saturated rings. The zero-order chi connectivity index (χ0) is 8.48. The number of hydrogen-bond donors (Lipinski definition) is 0. The third-order valence-corrected chi connectivity index (χ3v) is 2.51. The molecule has 1 atom stereocenters. The highest BCUT2D eigenvalue weighted by Crippen LogP contribution is 2.37. The highest BCUT2D eigenvalue weighted by Gasteiger charge is 2.28. The van der Waals surface area contributed by atoms with Gasteiger partial charge in [0, 0.05) is 0 Å². The number of aldehydes is 1. The van der Waals surface area contributed by atoms with Crippen LogP contribution in [-0.4, -0.2) is 6.29 Å². The summed E-state index contributed by atoms with van der Waals surface area (Å²) in [6.07, 6.45) is 5.29. The Morgan fingerprint density at radius 3 is 2.73 bits per heavy atom. The minimum atomic E-state index is 0.111. The summed E-state index contributed by atoms with van der Waals surface area (Å²) in [7, 11) is 0. The van der Waals surface area contributed by atoms with Crippen LogP contribution in [0.5, 0.6) is 0 Å². The van der Waals surface area contributed by atoms with Crippen LogP contribution in [0.2, 0.25) is 0 Å². The topological polar surface area (TPSA) is 17.1 Å². The number of hydrogen-bond acceptors (Lipinski definition) is 1. The van der Waals surface area contributed by atoms with Crippen LogP contribution in [0.25, 0.3) is 0 Å². The first kappa shape index (κ1) is 8.51. The van der Waals surface area contributed by atoms with E-state index >= 15 is 0 Å². The van der Waals surface area contributed by atoms with Crippen molar-refractivity contribution in [3.8, 4) is 0 Å². The molecule has 1 aliphatic rings. The molecular formula is C10H16O. The van der Waals surface area contributed by atoms with Crippen molar-refractivity contribution in [2.45, 2.75) is 33.6 Å². The molecule has 1 nitrogen and oxygen atoms in total. The van der Waals surface area contributed by atoms with E-state index in [1.54, 1.807) is 0 Å². The van der Waals surface area contributed by atoms with Gasteiger partial charge in [-0.3, -0.25) is 4.79 Å². The molecule has 1 unspecified atom stereocenters. The molecule has 1 aliphatic carbocycles. The summed E-state index contributed by atoms with van der Waals surface area (Å²) in [5.74, 6) is 0.730. The Balaban J connectivity index is 2.85. The Bertz CT molecular complexity index is 189. The SMILES string of the molecule is CC1CC=C(C=O)C(C)(C)C1. The molecule has 0 radical (unpaired) electrons. The molecule has 0 N–H and O–H groups in total. The number of carbonyl (C=O) groups is 1. The van der Waals surface area contributed by atoms with Crippen molar-refractivity contribution in [1.82, 2.24) is 0 Å². The quantitative estimate of drug-likeness (QED) is 0.528. The molecule has 1 rings (SSSR count). The minimum Gasteiger partial charge on any atom is -0.298 e. The van der Waals surface area contributed by atoms with Gasteiger partial charge in [0.2, 0.25) is 0 Å². The molecule has 0 aromatic carbocycles. The predicted molar refractivity (Wildman–Crippen MR) is 46.3 cm³/mol. The fraction of sp³-hybridized carbons (Fsp3) is 0.700. The molecule has 1 heteroatoms. The van der Waals surface area contributed by atoms with Gasteiger partial charge < -0.3 is 0 Å². The van der Waals surface area contributed by atoms with Crippen LogP contribution in [0, 0.1) is 11.3 Å². The Hall–Kier alpha value is -0.590. The van der Waals surface area contributed by atoms with Crippen LogP contribution in [0.15, 0.2) is 11.6 Å². The normalized spacial score (nSPS) is 29.4. The fourth-order valence-electron chi connectivity index (χ4n) is 1.88. The zero-order valence-electron chi connectivity index (χ0n) is 7.55. The standard InChI is InChI=1S/C10H16O/c1-8-4-5-9(7-11)10(2,3)6-8/h5,7-8H,4,6H2,1-3H3. The van der Waals surface area contributed by atoms with Crippen LogP contribution in [0.4, 0.5) is 0 Å². The third-order valence-electron chi connectivity index (χ3n) is 2.51. The summed E-state index contributed by atoms with van der Waals surface area (Å²) >= 11 is 0. The molecule has 0 saturated carbocycles. The lowest BCUT2D eigenvalue weighted by molar-refractivity contribution is -0.106. The monoisotopic (exact) mass is 152 g/mol. The number of rotatable bonds is 1. The highest BCUT2D eigenvalue weighted by atomic mass is 16.1. The van der Waals surface area contributed by atoms with Crippen LogP contribution in [-0.2, 0) is 4.79 Å². The summed E-state index contributed by atoms with van der Waals surface area (Å²) in [5.41, 5.74) is 1.09. The molecule has 0 saturated heterocycles. The van der Waals surface area contributed by atoms with Crippen molar-refractivity contribution in [2.75, 3.05) is 0 Å². The molecule has 0 bridgehead atoms. The summed E-state index contributed by atoms with van der Waals surface area (Å²) in [6.45, 7) is 6.52. The smallest absolute Gasteiger partial charge is 0.146 e. The van der Waals surface area contributed by atoms with E-state index in [0.717, 1.165) is 30.6 Å². The second kappa shape index (κ2) is 2.80. The molecule has 11 heavy (non-hydrogen) atoms. The molecule has 62 valence electrons. The van der Waals surface area contributed by atoms with Crippen LogP contribution in [0.1, 0.15) is 33.6 Å². The van der Waals surface area contributed by atoms with Gasteiger partial charge in [-0.15, -0.1) is 0 Å². The molecule has 0 heterocycles. The Morgan fingerprint density at radius 1 is 1.64 bits per heavy atom. The second-order valence-electron chi connectivity index (χ2n) is 4.21. The lowest BCUT2D eigenvalue weighted by Gasteiger charge is -2.32. The van der Waals surface area contributed by atoms with Crippen molar-refractivity contribution in [1.29, 1.82) is 0 Å². The van der Waals surface area contributed by atoms with Gasteiger partial charge in [0.1, 0.15) is 6.29 Å². The first-order chi connectivity index (χ1) is 5.06. The van der Waals surface area contributed by atoms with Crippen molar-refractivity contribution < 1.29 is 4.79 Å². The van der Waals surface area contributed by atoms with E-state index in [4.69, 9.17) is 0 Å². The number of allylic oxidation sites excluding steroid dienone is 2. The highest BCUT2D eigenvalue weighted by molar-refractivity contribution is 5.75. The number of carbonyl (C=O) groups excluding carboxylic acids is 1. The summed E-state index contributed by atoms with van der Waals surface area (Å²) in [4.78, 5) is 10.6. The van der Waals surface area contributed by atoms with Gasteiger partial charge in [0.05, 0.1) is 0 Å². The Morgan fingerprint density at radius 2 is 2.27 bits per heavy atom. The largest absolute Gasteiger partial charge is 0.298 e. The first-order valence-electron chi connectivity index (χ1n) is 4.22. The van der Waals surface area contributed by atoms with E-state index in [1.165, 1.54) is 0 Å². The maximum absolute atomic E-state index is 10.6. The molecule has 0 aromatic heterocycles. The Labute approximate surface area is 68.5 Å². The minimum absolute atomic E-state index is 0.111. The van der Waals surface area contributed by atoms with Crippen molar-refractivity contribution in [3.63, 3.8) is 0 Å². The van der Waals surface area contributed by atoms with Gasteiger partial charge in [0.25, 0.3) is 0 Å². The van der Waals surface area contributed by atoms with E-state index < -0.39 is 0 Å². The Kier molecular flexibility index (Phi) is 2.17. The predicted octanol–water partition coefficient (Wildman–Crippen LogP) is 2.57. The summed E-state index contributed by atoms with van der Waals surface area (Å²) in [6, 6.07) is 0. The third kappa shape index (κ3) is 1.70. The molecule has 0 aliphatic heterocycles. The van der Waals surface area contributed by atoms with E-state index in [0.29, 0.717) is 0 Å². The second-order valence-corrected chi connectivity index (χ2v) is 4.21. The van der Waals surface area contributed by atoms with Crippen molar-refractivity contribution >= 4 is 6.29 Å². The summed E-state index contributed by atoms with van der Waals surface area (Å²) < 4.78 is 0. The molecule has 0 amide bonds. The van der Waals surface area contributed by atoms with Gasteiger partial charge >= 0.3 is 0 Å². The van der Waals surface area contributed by atoms with E-state index in [9.17, 15) is 4.79 Å². The fourth-order valence-corrected chi connectivity index (χ4v) is 1.88. The van der Waals surface area contributed by atoms with Crippen LogP contribution < -0.4 is 0 Å². The maximum atomic E-state index is 10.6. The van der Waals surface area contributed by atoms with Gasteiger partial charge in [-0.1, -0.05) is 26.8 Å². The van der Waals surface area contributed by atoms with Crippen molar-refractivity contribution in [2.24, 2.45) is 11.3 Å². The zero-order valence-corrected chi connectivity index (χ0v) is 7.55. The van der Waals surface area contributed by atoms with Crippen molar-refractivity contribution in [3.05, 3.63) is 11.6 Å². The average molecular weight is 152 g/mol. The van der Waals surface area contributed by atoms with Gasteiger partial charge in [-0.05, 0) is 29.7 Å². The van der Waals surface area contributed by atoms with Gasteiger partial charge in [0.15, 0.2) is 0 Å². The maximum Gasteiger partial charge on any atom is 0.146 e. The molecular weight excluding hydrogens is 136 g/mol. The van der Waals surface area contributed by atoms with Gasteiger partial charge in [-0.2, -0.15) is 0 Å². The van der Waals surface area contributed by atoms with Crippen LogP contribution >= 0.6 is 0 Å². The van der Waals surface area contributed by atoms with Crippen LogP contribution in [0.3, 0.4) is 0 Å². The molecule has 0 aromatic rings. The first-order valence-corrected chi connectivity index (χ1v) is 4.22. The van der Waals surface area contributed by atoms with E-state index in [1.807, 2.05) is 0 Å². The van der Waals surface area contributed by atoms with E-state index in [-0.39, 0.29) is 5.41 Å². The van der Waals surface area contributed by atoms with Gasteiger partial charge in [-0.25, -0.2) is 0 Å². The van der Waals surface area contributed by atoms with E-state index in [2.05, 4.69) is 26.8 Å². The average Bonchev–Trinajstić information content (AvgIpc) is 1.85. The lowest BCUT2D eigenvalue weighted by Crippen LogP contribution is -2.23. The summed E-state index contributed by atoms with van der Waals surface area (Å²) in [5, 5.41) is 0.